The lowest BCUT2D eigenvalue weighted by molar-refractivity contribution is -0.142. The maximum atomic E-state index is 12.3. The number of benzene rings is 1. The first-order valence-corrected chi connectivity index (χ1v) is 7.96. The molecule has 6 heteroatoms. The zero-order valence-corrected chi connectivity index (χ0v) is 14.1. The molecule has 118 valence electrons. The molecular weight excluding hydrogens is 348 g/mol. The molecule has 2 aromatic rings. The number of carbonyl (C=O) groups excluding carboxylic acids is 1. The molecule has 1 unspecified atom stereocenters. The fourth-order valence-electron chi connectivity index (χ4n) is 2.41. The zero-order chi connectivity index (χ0) is 16.3. The van der Waals surface area contributed by atoms with Crippen molar-refractivity contribution in [2.45, 2.75) is 20.3 Å². The number of hydrogen-bond acceptors (Lipinski definition) is 2. The molecule has 5 nitrogen and oxygen atoms in total. The number of H-pyrrole nitrogens is 1. The summed E-state index contributed by atoms with van der Waals surface area (Å²) in [4.78, 5) is 26.6. The quantitative estimate of drug-likeness (QED) is 0.732. The van der Waals surface area contributed by atoms with Crippen molar-refractivity contribution in [1.29, 1.82) is 0 Å². The molecule has 0 radical (unpaired) electrons. The van der Waals surface area contributed by atoms with Gasteiger partial charge in [0, 0.05) is 17.4 Å². The molecule has 0 fully saturated rings. The molecule has 1 atom stereocenters. The van der Waals surface area contributed by atoms with E-state index in [0.717, 1.165) is 10.9 Å². The molecule has 0 aliphatic rings. The van der Waals surface area contributed by atoms with Crippen LogP contribution in [0, 0.1) is 11.8 Å². The van der Waals surface area contributed by atoms with Crippen molar-refractivity contribution in [2.24, 2.45) is 11.8 Å². The molecule has 2 rings (SSSR count). The summed E-state index contributed by atoms with van der Waals surface area (Å²) in [6.07, 6.45) is 0.531. The summed E-state index contributed by atoms with van der Waals surface area (Å²) in [6.45, 7) is 4.05. The van der Waals surface area contributed by atoms with Crippen LogP contribution in [0.2, 0.25) is 0 Å². The number of aromatic nitrogens is 1. The largest absolute Gasteiger partial charge is 0.481 e. The van der Waals surface area contributed by atoms with Crippen LogP contribution in [0.4, 0.5) is 0 Å². The molecule has 1 amide bonds. The summed E-state index contributed by atoms with van der Waals surface area (Å²) >= 11 is 3.42. The van der Waals surface area contributed by atoms with Crippen LogP contribution in [-0.4, -0.2) is 28.5 Å². The van der Waals surface area contributed by atoms with Crippen LogP contribution in [0.25, 0.3) is 10.9 Å². The molecule has 0 spiro atoms. The Hall–Kier alpha value is -1.82. The Morgan fingerprint density at radius 3 is 2.59 bits per heavy atom. The Morgan fingerprint density at radius 1 is 1.32 bits per heavy atom. The van der Waals surface area contributed by atoms with Gasteiger partial charge in [0.25, 0.3) is 5.91 Å². The molecule has 1 heterocycles. The van der Waals surface area contributed by atoms with Gasteiger partial charge in [-0.15, -0.1) is 0 Å². The Kier molecular flexibility index (Phi) is 5.24. The van der Waals surface area contributed by atoms with Crippen LogP contribution < -0.4 is 5.32 Å². The Labute approximate surface area is 137 Å². The molecule has 22 heavy (non-hydrogen) atoms. The van der Waals surface area contributed by atoms with E-state index in [2.05, 4.69) is 26.2 Å². The van der Waals surface area contributed by atoms with Crippen LogP contribution in [-0.2, 0) is 4.79 Å². The summed E-state index contributed by atoms with van der Waals surface area (Å²) in [5.41, 5.74) is 1.27. The maximum absolute atomic E-state index is 12.3. The molecule has 0 bridgehead atoms. The van der Waals surface area contributed by atoms with Gasteiger partial charge in [0.15, 0.2) is 0 Å². The van der Waals surface area contributed by atoms with E-state index in [1.807, 2.05) is 38.1 Å². The third-order valence-corrected chi connectivity index (χ3v) is 4.31. The lowest BCUT2D eigenvalue weighted by atomic mass is 9.97. The number of rotatable bonds is 6. The highest BCUT2D eigenvalue weighted by molar-refractivity contribution is 9.10. The standard InChI is InChI=1S/C16H19BrN2O3/c1-9(2)7-10(16(21)22)8-18-15(20)14-13(17)11-5-3-4-6-12(11)19-14/h3-6,9-10,19H,7-8H2,1-2H3,(H,18,20)(H,21,22). The predicted octanol–water partition coefficient (Wildman–Crippen LogP) is 3.41. The number of carboxylic acids is 1. The van der Waals surface area contributed by atoms with Crippen LogP contribution in [0.1, 0.15) is 30.8 Å². The second kappa shape index (κ2) is 6.96. The van der Waals surface area contributed by atoms with Crippen LogP contribution >= 0.6 is 15.9 Å². The van der Waals surface area contributed by atoms with Gasteiger partial charge in [0.1, 0.15) is 5.69 Å². The fourth-order valence-corrected chi connectivity index (χ4v) is 3.03. The topological polar surface area (TPSA) is 82.2 Å². The fraction of sp³-hybridized carbons (Fsp3) is 0.375. The minimum absolute atomic E-state index is 0.119. The van der Waals surface area contributed by atoms with Crippen molar-refractivity contribution in [3.8, 4) is 0 Å². The normalized spacial score (nSPS) is 12.5. The van der Waals surface area contributed by atoms with E-state index in [-0.39, 0.29) is 18.4 Å². The summed E-state index contributed by atoms with van der Waals surface area (Å²) in [7, 11) is 0. The zero-order valence-electron chi connectivity index (χ0n) is 12.5. The average molecular weight is 367 g/mol. The Morgan fingerprint density at radius 2 is 2.00 bits per heavy atom. The summed E-state index contributed by atoms with van der Waals surface area (Å²) < 4.78 is 0.691. The number of amides is 1. The molecule has 3 N–H and O–H groups in total. The molecule has 1 aromatic carbocycles. The highest BCUT2D eigenvalue weighted by Crippen LogP contribution is 2.27. The number of nitrogens with one attached hydrogen (secondary N) is 2. The van der Waals surface area contributed by atoms with Crippen LogP contribution in [0.5, 0.6) is 0 Å². The smallest absolute Gasteiger partial charge is 0.308 e. The Balaban J connectivity index is 2.10. The van der Waals surface area contributed by atoms with E-state index in [9.17, 15) is 14.7 Å². The van der Waals surface area contributed by atoms with Gasteiger partial charge in [-0.25, -0.2) is 0 Å². The maximum Gasteiger partial charge on any atom is 0.308 e. The molecular formula is C16H19BrN2O3. The van der Waals surface area contributed by atoms with Gasteiger partial charge < -0.3 is 15.4 Å². The number of fused-ring (bicyclic) bond motifs is 1. The van der Waals surface area contributed by atoms with Crippen LogP contribution in [0.15, 0.2) is 28.7 Å². The third-order valence-electron chi connectivity index (χ3n) is 3.48. The summed E-state index contributed by atoms with van der Waals surface area (Å²) in [6, 6.07) is 7.57. The monoisotopic (exact) mass is 366 g/mol. The van der Waals surface area contributed by atoms with E-state index >= 15 is 0 Å². The highest BCUT2D eigenvalue weighted by atomic mass is 79.9. The average Bonchev–Trinajstić information content (AvgIpc) is 2.80. The van der Waals surface area contributed by atoms with Gasteiger partial charge >= 0.3 is 5.97 Å². The van der Waals surface area contributed by atoms with E-state index in [1.54, 1.807) is 0 Å². The third kappa shape index (κ3) is 3.68. The molecule has 0 aliphatic carbocycles. The van der Waals surface area contributed by atoms with E-state index in [4.69, 9.17) is 0 Å². The number of para-hydroxylation sites is 1. The highest BCUT2D eigenvalue weighted by Gasteiger charge is 2.21. The molecule has 1 aromatic heterocycles. The van der Waals surface area contributed by atoms with Gasteiger partial charge in [0.2, 0.25) is 0 Å². The van der Waals surface area contributed by atoms with Crippen molar-refractivity contribution in [3.63, 3.8) is 0 Å². The van der Waals surface area contributed by atoms with Crippen molar-refractivity contribution in [2.75, 3.05) is 6.54 Å². The number of hydrogen-bond donors (Lipinski definition) is 3. The molecule has 0 saturated heterocycles. The number of aromatic amines is 1. The van der Waals surface area contributed by atoms with E-state index in [1.165, 1.54) is 0 Å². The van der Waals surface area contributed by atoms with Gasteiger partial charge in [0.05, 0.1) is 10.4 Å². The van der Waals surface area contributed by atoms with E-state index in [0.29, 0.717) is 16.6 Å². The first-order valence-electron chi connectivity index (χ1n) is 7.17. The SMILES string of the molecule is CC(C)CC(CNC(=O)c1[nH]c2ccccc2c1Br)C(=O)O. The molecule has 0 saturated carbocycles. The minimum Gasteiger partial charge on any atom is -0.481 e. The summed E-state index contributed by atoms with van der Waals surface area (Å²) in [5.74, 6) is -1.51. The van der Waals surface area contributed by atoms with Gasteiger partial charge in [-0.2, -0.15) is 0 Å². The van der Waals surface area contributed by atoms with Crippen molar-refractivity contribution < 1.29 is 14.7 Å². The van der Waals surface area contributed by atoms with Crippen molar-refractivity contribution >= 4 is 38.7 Å². The van der Waals surface area contributed by atoms with Crippen LogP contribution in [0.3, 0.4) is 0 Å². The number of carbonyl (C=O) groups is 2. The number of carboxylic acid groups (broad SMARTS) is 1. The van der Waals surface area contributed by atoms with Crippen molar-refractivity contribution in [3.05, 3.63) is 34.4 Å². The number of aliphatic carboxylic acids is 1. The first-order chi connectivity index (χ1) is 10.4. The van der Waals surface area contributed by atoms with E-state index < -0.39 is 11.9 Å². The molecule has 0 aliphatic heterocycles. The van der Waals surface area contributed by atoms with Crippen molar-refractivity contribution in [1.82, 2.24) is 10.3 Å². The predicted molar refractivity (Wildman–Crippen MR) is 88.9 cm³/mol. The second-order valence-electron chi connectivity index (χ2n) is 5.73. The summed E-state index contributed by atoms with van der Waals surface area (Å²) in [5, 5.41) is 12.8. The second-order valence-corrected chi connectivity index (χ2v) is 6.53. The first kappa shape index (κ1) is 16.5. The lowest BCUT2D eigenvalue weighted by Crippen LogP contribution is -2.34. The van der Waals surface area contributed by atoms with Gasteiger partial charge in [-0.3, -0.25) is 9.59 Å². The number of halogens is 1. The van der Waals surface area contributed by atoms with Gasteiger partial charge in [-0.1, -0.05) is 32.0 Å². The van der Waals surface area contributed by atoms with Gasteiger partial charge in [-0.05, 0) is 34.3 Å². The Bertz CT molecular complexity index is 694. The minimum atomic E-state index is -0.885. The lowest BCUT2D eigenvalue weighted by Gasteiger charge is -2.15.